The van der Waals surface area contributed by atoms with Crippen molar-refractivity contribution < 1.29 is 14.3 Å². The Morgan fingerprint density at radius 1 is 1.23 bits per heavy atom. The number of benzene rings is 1. The normalized spacial score (nSPS) is 21.2. The summed E-state index contributed by atoms with van der Waals surface area (Å²) in [4.78, 5) is 24.6. The molecule has 1 aromatic rings. The average molecular weight is 305 g/mol. The van der Waals surface area contributed by atoms with Gasteiger partial charge in [-0.2, -0.15) is 0 Å². The quantitative estimate of drug-likeness (QED) is 0.796. The number of hydrogen-bond donors (Lipinski definition) is 3. The highest BCUT2D eigenvalue weighted by atomic mass is 16.6. The number of rotatable bonds is 3. The Bertz CT molecular complexity index is 531. The van der Waals surface area contributed by atoms with Crippen molar-refractivity contribution in [3.8, 4) is 0 Å². The van der Waals surface area contributed by atoms with Crippen LogP contribution in [0.15, 0.2) is 30.3 Å². The van der Waals surface area contributed by atoms with E-state index in [-0.39, 0.29) is 5.91 Å². The van der Waals surface area contributed by atoms with Crippen molar-refractivity contribution in [2.45, 2.75) is 38.3 Å². The molecule has 6 nitrogen and oxygen atoms in total. The SMILES string of the molecule is CC(C)(C)NC(=O)OC1(C(=O)Nc2ccccc2)CCNC1. The van der Waals surface area contributed by atoms with E-state index < -0.39 is 17.2 Å². The lowest BCUT2D eigenvalue weighted by Crippen LogP contribution is -2.52. The number of para-hydroxylation sites is 1. The number of carbonyl (C=O) groups is 2. The third-order valence-electron chi connectivity index (χ3n) is 3.33. The van der Waals surface area contributed by atoms with Crippen LogP contribution in [0.1, 0.15) is 27.2 Å². The van der Waals surface area contributed by atoms with Crippen molar-refractivity contribution in [3.05, 3.63) is 30.3 Å². The Morgan fingerprint density at radius 3 is 2.45 bits per heavy atom. The first-order chi connectivity index (χ1) is 10.3. The lowest BCUT2D eigenvalue weighted by Gasteiger charge is -2.29. The molecular formula is C16H23N3O3. The van der Waals surface area contributed by atoms with E-state index in [1.165, 1.54) is 0 Å². The van der Waals surface area contributed by atoms with Gasteiger partial charge in [-0.1, -0.05) is 18.2 Å². The van der Waals surface area contributed by atoms with Crippen LogP contribution in [0, 0.1) is 0 Å². The summed E-state index contributed by atoms with van der Waals surface area (Å²) in [5.41, 5.74) is -0.913. The molecule has 120 valence electrons. The molecule has 1 saturated heterocycles. The highest BCUT2D eigenvalue weighted by Gasteiger charge is 2.45. The molecule has 6 heteroatoms. The maximum absolute atomic E-state index is 12.6. The highest BCUT2D eigenvalue weighted by Crippen LogP contribution is 2.23. The molecule has 1 unspecified atom stereocenters. The van der Waals surface area contributed by atoms with Gasteiger partial charge in [0, 0.05) is 24.2 Å². The van der Waals surface area contributed by atoms with Crippen molar-refractivity contribution >= 4 is 17.7 Å². The van der Waals surface area contributed by atoms with Crippen LogP contribution >= 0.6 is 0 Å². The Labute approximate surface area is 130 Å². The largest absolute Gasteiger partial charge is 0.431 e. The van der Waals surface area contributed by atoms with Crippen molar-refractivity contribution in [1.29, 1.82) is 0 Å². The Balaban J connectivity index is 2.07. The third kappa shape index (κ3) is 4.21. The molecule has 2 amide bonds. The van der Waals surface area contributed by atoms with Gasteiger partial charge in [-0.25, -0.2) is 4.79 Å². The number of ether oxygens (including phenoxy) is 1. The first kappa shape index (κ1) is 16.3. The number of nitrogens with one attached hydrogen (secondary N) is 3. The van der Waals surface area contributed by atoms with E-state index in [0.717, 1.165) is 0 Å². The number of alkyl carbamates (subject to hydrolysis) is 1. The number of carbonyl (C=O) groups excluding carboxylic acids is 2. The summed E-state index contributed by atoms with van der Waals surface area (Å²) < 4.78 is 5.48. The molecule has 1 fully saturated rings. The van der Waals surface area contributed by atoms with Gasteiger partial charge in [0.1, 0.15) is 0 Å². The summed E-state index contributed by atoms with van der Waals surface area (Å²) in [5, 5.41) is 8.61. The lowest BCUT2D eigenvalue weighted by atomic mass is 10.0. The van der Waals surface area contributed by atoms with E-state index in [1.54, 1.807) is 12.1 Å². The van der Waals surface area contributed by atoms with Gasteiger partial charge in [0.15, 0.2) is 0 Å². The zero-order valence-corrected chi connectivity index (χ0v) is 13.2. The highest BCUT2D eigenvalue weighted by molar-refractivity contribution is 5.99. The number of amides is 2. The molecule has 0 bridgehead atoms. The predicted octanol–water partition coefficient (Wildman–Crippen LogP) is 1.88. The van der Waals surface area contributed by atoms with Crippen LogP contribution < -0.4 is 16.0 Å². The summed E-state index contributed by atoms with van der Waals surface area (Å²) in [6, 6.07) is 9.13. The monoisotopic (exact) mass is 305 g/mol. The molecule has 22 heavy (non-hydrogen) atoms. The van der Waals surface area contributed by atoms with Crippen LogP contribution in [0.3, 0.4) is 0 Å². The van der Waals surface area contributed by atoms with Crippen molar-refractivity contribution in [1.82, 2.24) is 10.6 Å². The van der Waals surface area contributed by atoms with E-state index >= 15 is 0 Å². The summed E-state index contributed by atoms with van der Waals surface area (Å²) >= 11 is 0. The van der Waals surface area contributed by atoms with E-state index in [9.17, 15) is 9.59 Å². The molecule has 0 saturated carbocycles. The predicted molar refractivity (Wildman–Crippen MR) is 84.7 cm³/mol. The smallest absolute Gasteiger partial charge is 0.408 e. The lowest BCUT2D eigenvalue weighted by molar-refractivity contribution is -0.132. The standard InChI is InChI=1S/C16H23N3O3/c1-15(2,3)19-14(21)22-16(9-10-17-11-16)13(20)18-12-7-5-4-6-8-12/h4-8,17H,9-11H2,1-3H3,(H,18,20)(H,19,21). The second kappa shape index (κ2) is 6.36. The average Bonchev–Trinajstić information content (AvgIpc) is 2.87. The van der Waals surface area contributed by atoms with Crippen LogP contribution in [-0.2, 0) is 9.53 Å². The van der Waals surface area contributed by atoms with E-state index in [0.29, 0.717) is 25.2 Å². The Kier molecular flexibility index (Phi) is 4.71. The molecule has 0 aliphatic carbocycles. The molecular weight excluding hydrogens is 282 g/mol. The van der Waals surface area contributed by atoms with Gasteiger partial charge >= 0.3 is 6.09 Å². The Hall–Kier alpha value is -2.08. The molecule has 0 aromatic heterocycles. The minimum atomic E-state index is -1.18. The zero-order valence-electron chi connectivity index (χ0n) is 13.2. The second-order valence-electron chi connectivity index (χ2n) is 6.51. The Morgan fingerprint density at radius 2 is 1.91 bits per heavy atom. The fraction of sp³-hybridized carbons (Fsp3) is 0.500. The minimum absolute atomic E-state index is 0.309. The van der Waals surface area contributed by atoms with Gasteiger partial charge in [-0.05, 0) is 39.4 Å². The van der Waals surface area contributed by atoms with Gasteiger partial charge in [0.2, 0.25) is 5.60 Å². The second-order valence-corrected chi connectivity index (χ2v) is 6.51. The number of hydrogen-bond acceptors (Lipinski definition) is 4. The molecule has 1 aliphatic heterocycles. The first-order valence-electron chi connectivity index (χ1n) is 7.39. The molecule has 1 aliphatic rings. The molecule has 0 radical (unpaired) electrons. The van der Waals surface area contributed by atoms with Gasteiger partial charge in [-0.15, -0.1) is 0 Å². The topological polar surface area (TPSA) is 79.5 Å². The van der Waals surface area contributed by atoms with E-state index in [1.807, 2.05) is 39.0 Å². The molecule has 0 spiro atoms. The van der Waals surface area contributed by atoms with Gasteiger partial charge in [-0.3, -0.25) is 4.79 Å². The molecule has 1 atom stereocenters. The minimum Gasteiger partial charge on any atom is -0.431 e. The molecule has 1 aromatic carbocycles. The summed E-state index contributed by atoms with van der Waals surface area (Å²) in [6.07, 6.45) is -0.136. The molecule has 2 rings (SSSR count). The first-order valence-corrected chi connectivity index (χ1v) is 7.39. The van der Waals surface area contributed by atoms with Crippen LogP contribution in [0.2, 0.25) is 0 Å². The van der Waals surface area contributed by atoms with Crippen molar-refractivity contribution in [3.63, 3.8) is 0 Å². The third-order valence-corrected chi connectivity index (χ3v) is 3.33. The van der Waals surface area contributed by atoms with Crippen LogP contribution in [0.5, 0.6) is 0 Å². The van der Waals surface area contributed by atoms with E-state index in [2.05, 4.69) is 16.0 Å². The van der Waals surface area contributed by atoms with Gasteiger partial charge in [0.05, 0.1) is 0 Å². The summed E-state index contributed by atoms with van der Waals surface area (Å²) in [5.74, 6) is -0.312. The van der Waals surface area contributed by atoms with E-state index in [4.69, 9.17) is 4.74 Å². The van der Waals surface area contributed by atoms with Gasteiger partial charge < -0.3 is 20.7 Å². The van der Waals surface area contributed by atoms with Crippen LogP contribution in [0.25, 0.3) is 0 Å². The fourth-order valence-electron chi connectivity index (χ4n) is 2.27. The summed E-state index contributed by atoms with van der Waals surface area (Å²) in [6.45, 7) is 6.52. The fourth-order valence-corrected chi connectivity index (χ4v) is 2.27. The maximum atomic E-state index is 12.6. The summed E-state index contributed by atoms with van der Waals surface area (Å²) in [7, 11) is 0. The number of anilines is 1. The van der Waals surface area contributed by atoms with Crippen LogP contribution in [0.4, 0.5) is 10.5 Å². The van der Waals surface area contributed by atoms with Crippen LogP contribution in [-0.4, -0.2) is 36.2 Å². The van der Waals surface area contributed by atoms with Crippen molar-refractivity contribution in [2.75, 3.05) is 18.4 Å². The maximum Gasteiger partial charge on any atom is 0.408 e. The van der Waals surface area contributed by atoms with Gasteiger partial charge in [0.25, 0.3) is 5.91 Å². The molecule has 1 heterocycles. The molecule has 3 N–H and O–H groups in total. The van der Waals surface area contributed by atoms with Crippen molar-refractivity contribution in [2.24, 2.45) is 0 Å². The zero-order chi connectivity index (χ0) is 16.2.